The maximum atomic E-state index is 4.69. The van der Waals surface area contributed by atoms with Gasteiger partial charge in [0.25, 0.3) is 0 Å². The van der Waals surface area contributed by atoms with Crippen LogP contribution in [0.15, 0.2) is 30.5 Å². The van der Waals surface area contributed by atoms with E-state index in [0.717, 1.165) is 0 Å². The average molecular weight is 299 g/mol. The molecule has 1 aromatic heterocycles. The molecule has 1 aromatic carbocycles. The predicted octanol–water partition coefficient (Wildman–Crippen LogP) is 3.79. The van der Waals surface area contributed by atoms with Crippen LogP contribution in [0.1, 0.15) is 42.5 Å². The molecule has 0 amide bonds. The van der Waals surface area contributed by atoms with E-state index in [-0.39, 0.29) is 5.41 Å². The Labute approximate surface area is 131 Å². The molecule has 3 nitrogen and oxygen atoms in total. The zero-order chi connectivity index (χ0) is 14.7. The van der Waals surface area contributed by atoms with Crippen molar-refractivity contribution >= 4 is 18.5 Å². The van der Waals surface area contributed by atoms with E-state index in [9.17, 15) is 0 Å². The van der Waals surface area contributed by atoms with Crippen molar-refractivity contribution in [2.45, 2.75) is 38.0 Å². The van der Waals surface area contributed by atoms with E-state index in [4.69, 9.17) is 5.10 Å². The van der Waals surface area contributed by atoms with Gasteiger partial charge in [-0.3, -0.25) is 0 Å². The molecule has 0 atom stereocenters. The Hall–Kier alpha value is -1.42. The van der Waals surface area contributed by atoms with Crippen LogP contribution in [-0.4, -0.2) is 16.2 Å². The molecule has 1 heterocycles. The van der Waals surface area contributed by atoms with Crippen molar-refractivity contribution in [1.82, 2.24) is 9.19 Å². The standard InChI is InChI=1S/C17H21N3S/c1-12-9-20(21)19-15(12)17(10-16(11-17)6-7-16)13-4-3-5-14(8-13)18-2/h3-5,8-9,18,21H,6-7,10-11H2,1-2H3. The maximum Gasteiger partial charge on any atom is 0.0770 e. The Kier molecular flexibility index (Phi) is 2.71. The van der Waals surface area contributed by atoms with Crippen LogP contribution in [0.4, 0.5) is 5.69 Å². The van der Waals surface area contributed by atoms with E-state index in [0.29, 0.717) is 5.41 Å². The van der Waals surface area contributed by atoms with E-state index in [2.05, 4.69) is 49.3 Å². The highest BCUT2D eigenvalue weighted by atomic mass is 32.1. The molecule has 0 saturated heterocycles. The van der Waals surface area contributed by atoms with E-state index in [1.807, 2.05) is 13.2 Å². The van der Waals surface area contributed by atoms with Crippen LogP contribution in [0.2, 0.25) is 0 Å². The Balaban J connectivity index is 1.83. The third-order valence-corrected chi connectivity index (χ3v) is 5.56. The van der Waals surface area contributed by atoms with Gasteiger partial charge in [0, 0.05) is 24.3 Å². The van der Waals surface area contributed by atoms with Crippen LogP contribution >= 0.6 is 12.8 Å². The number of anilines is 1. The number of nitrogens with zero attached hydrogens (tertiary/aromatic N) is 2. The highest BCUT2D eigenvalue weighted by molar-refractivity contribution is 7.78. The van der Waals surface area contributed by atoms with Gasteiger partial charge in [-0.05, 0) is 74.1 Å². The SMILES string of the molecule is CNc1cccc(C2(c3nn(S)cc3C)CC3(CC3)C2)c1. The number of aryl methyl sites for hydroxylation is 1. The largest absolute Gasteiger partial charge is 0.388 e. The van der Waals surface area contributed by atoms with Gasteiger partial charge in [0.15, 0.2) is 0 Å². The number of hydrogen-bond acceptors (Lipinski definition) is 3. The summed E-state index contributed by atoms with van der Waals surface area (Å²) in [6, 6.07) is 8.81. The van der Waals surface area contributed by atoms with Crippen molar-refractivity contribution in [2.24, 2.45) is 5.41 Å². The lowest BCUT2D eigenvalue weighted by Crippen LogP contribution is -2.44. The van der Waals surface area contributed by atoms with Gasteiger partial charge in [-0.1, -0.05) is 12.1 Å². The summed E-state index contributed by atoms with van der Waals surface area (Å²) in [4.78, 5) is 0. The highest BCUT2D eigenvalue weighted by Gasteiger charge is 2.63. The summed E-state index contributed by atoms with van der Waals surface area (Å²) in [6.45, 7) is 2.15. The van der Waals surface area contributed by atoms with Gasteiger partial charge in [-0.15, -0.1) is 0 Å². The zero-order valence-corrected chi connectivity index (χ0v) is 13.5. The van der Waals surface area contributed by atoms with Gasteiger partial charge >= 0.3 is 0 Å². The average Bonchev–Trinajstić information content (AvgIpc) is 3.16. The lowest BCUT2D eigenvalue weighted by molar-refractivity contribution is 0.152. The molecule has 21 heavy (non-hydrogen) atoms. The molecule has 1 spiro atoms. The molecule has 0 unspecified atom stereocenters. The van der Waals surface area contributed by atoms with Gasteiger partial charge in [0.05, 0.1) is 5.69 Å². The number of nitrogens with one attached hydrogen (secondary N) is 1. The van der Waals surface area contributed by atoms with Gasteiger partial charge < -0.3 is 5.32 Å². The molecule has 1 N–H and O–H groups in total. The van der Waals surface area contributed by atoms with Gasteiger partial charge in [-0.2, -0.15) is 5.10 Å². The van der Waals surface area contributed by atoms with E-state index in [1.54, 1.807) is 4.09 Å². The second-order valence-electron chi connectivity index (χ2n) is 6.85. The smallest absolute Gasteiger partial charge is 0.0770 e. The Bertz CT molecular complexity index is 692. The highest BCUT2D eigenvalue weighted by Crippen LogP contribution is 2.70. The van der Waals surface area contributed by atoms with Crippen LogP contribution in [0.25, 0.3) is 0 Å². The van der Waals surface area contributed by atoms with Gasteiger partial charge in [0.1, 0.15) is 0 Å². The van der Waals surface area contributed by atoms with E-state index < -0.39 is 0 Å². The Morgan fingerprint density at radius 2 is 2.05 bits per heavy atom. The summed E-state index contributed by atoms with van der Waals surface area (Å²) in [7, 11) is 1.97. The molecule has 2 saturated carbocycles. The predicted molar refractivity (Wildman–Crippen MR) is 89.0 cm³/mol. The molecule has 0 aliphatic heterocycles. The van der Waals surface area contributed by atoms with Crippen LogP contribution in [0.3, 0.4) is 0 Å². The van der Waals surface area contributed by atoms with Crippen molar-refractivity contribution < 1.29 is 0 Å². The molecular weight excluding hydrogens is 278 g/mol. The minimum absolute atomic E-state index is 0.0847. The van der Waals surface area contributed by atoms with E-state index in [1.165, 1.54) is 48.2 Å². The van der Waals surface area contributed by atoms with Crippen LogP contribution < -0.4 is 5.32 Å². The summed E-state index contributed by atoms with van der Waals surface area (Å²) in [5.74, 6) is 0. The van der Waals surface area contributed by atoms with Crippen molar-refractivity contribution in [1.29, 1.82) is 0 Å². The first-order valence-electron chi connectivity index (χ1n) is 7.61. The second kappa shape index (κ2) is 4.29. The first-order valence-corrected chi connectivity index (χ1v) is 8.01. The molecule has 2 aliphatic carbocycles. The topological polar surface area (TPSA) is 29.9 Å². The number of hydrogen-bond donors (Lipinski definition) is 2. The van der Waals surface area contributed by atoms with Gasteiger partial charge in [-0.25, -0.2) is 4.09 Å². The first kappa shape index (κ1) is 13.3. The Morgan fingerprint density at radius 1 is 1.29 bits per heavy atom. The molecule has 110 valence electrons. The molecule has 0 bridgehead atoms. The summed E-state index contributed by atoms with van der Waals surface area (Å²) in [5, 5.41) is 7.94. The third-order valence-electron chi connectivity index (χ3n) is 5.35. The lowest BCUT2D eigenvalue weighted by atomic mass is 9.54. The molecule has 0 radical (unpaired) electrons. The fourth-order valence-electron chi connectivity index (χ4n) is 4.16. The van der Waals surface area contributed by atoms with Crippen LogP contribution in [-0.2, 0) is 5.41 Å². The van der Waals surface area contributed by atoms with Crippen LogP contribution in [0.5, 0.6) is 0 Å². The molecule has 4 heteroatoms. The minimum atomic E-state index is 0.0847. The van der Waals surface area contributed by atoms with Crippen molar-refractivity contribution in [2.75, 3.05) is 12.4 Å². The monoisotopic (exact) mass is 299 g/mol. The number of benzene rings is 1. The molecular formula is C17H21N3S. The zero-order valence-electron chi connectivity index (χ0n) is 12.6. The van der Waals surface area contributed by atoms with Crippen molar-refractivity contribution in [3.8, 4) is 0 Å². The quantitative estimate of drug-likeness (QED) is 0.845. The first-order chi connectivity index (χ1) is 10.1. The lowest BCUT2D eigenvalue weighted by Gasteiger charge is -2.48. The van der Waals surface area contributed by atoms with Crippen molar-refractivity contribution in [3.63, 3.8) is 0 Å². The Morgan fingerprint density at radius 3 is 2.62 bits per heavy atom. The summed E-state index contributed by atoms with van der Waals surface area (Å²) >= 11 is 4.37. The molecule has 4 rings (SSSR count). The summed E-state index contributed by atoms with van der Waals surface area (Å²) < 4.78 is 1.66. The minimum Gasteiger partial charge on any atom is -0.388 e. The summed E-state index contributed by atoms with van der Waals surface area (Å²) in [5.41, 5.74) is 5.72. The number of thiol groups is 1. The maximum absolute atomic E-state index is 4.69. The third kappa shape index (κ3) is 1.92. The molecule has 2 aromatic rings. The fraction of sp³-hybridized carbons (Fsp3) is 0.471. The molecule has 2 fully saturated rings. The normalized spacial score (nSPS) is 21.1. The van der Waals surface area contributed by atoms with Gasteiger partial charge in [0.2, 0.25) is 0 Å². The number of aromatic nitrogens is 2. The van der Waals surface area contributed by atoms with Crippen molar-refractivity contribution in [3.05, 3.63) is 47.3 Å². The molecule has 2 aliphatic rings. The second-order valence-corrected chi connectivity index (χ2v) is 7.26. The fourth-order valence-corrected chi connectivity index (χ4v) is 4.42. The number of rotatable bonds is 3. The van der Waals surface area contributed by atoms with E-state index >= 15 is 0 Å². The van der Waals surface area contributed by atoms with Crippen LogP contribution in [0, 0.1) is 12.3 Å². The summed E-state index contributed by atoms with van der Waals surface area (Å²) in [6.07, 6.45) is 7.26.